The normalized spacial score (nSPS) is 18.6. The summed E-state index contributed by atoms with van der Waals surface area (Å²) >= 11 is 0. The van der Waals surface area contributed by atoms with E-state index in [9.17, 15) is 14.4 Å². The fourth-order valence-electron chi connectivity index (χ4n) is 4.81. The number of benzene rings is 3. The Bertz CT molecular complexity index is 1390. The molecule has 3 aromatic rings. The number of hydrogen-bond acceptors (Lipinski definition) is 7. The number of cyclic esters (lactones) is 2. The van der Waals surface area contributed by atoms with Crippen molar-refractivity contribution in [2.24, 2.45) is 0 Å². The molecular formula is C28H22N2O7. The molecule has 3 aromatic carbocycles. The maximum atomic E-state index is 13.0. The Hall–Kier alpha value is -4.79. The highest BCUT2D eigenvalue weighted by molar-refractivity contribution is 5.97. The molecule has 37 heavy (non-hydrogen) atoms. The smallest absolute Gasteiger partial charge is 0.411 e. The van der Waals surface area contributed by atoms with Gasteiger partial charge < -0.3 is 18.9 Å². The van der Waals surface area contributed by atoms with E-state index in [0.29, 0.717) is 58.0 Å². The summed E-state index contributed by atoms with van der Waals surface area (Å²) in [5.74, 6) is 0.316. The number of hydrogen-bond donors (Lipinski definition) is 2. The largest absolute Gasteiger partial charge is 0.456 e. The van der Waals surface area contributed by atoms with Crippen LogP contribution in [0.25, 0.3) is 0 Å². The highest BCUT2D eigenvalue weighted by atomic mass is 16.6. The van der Waals surface area contributed by atoms with Gasteiger partial charge in [-0.3, -0.25) is 10.6 Å². The lowest BCUT2D eigenvalue weighted by Gasteiger charge is -2.36. The van der Waals surface area contributed by atoms with Crippen molar-refractivity contribution >= 4 is 29.5 Å². The summed E-state index contributed by atoms with van der Waals surface area (Å²) in [6.45, 7) is 0.381. The van der Waals surface area contributed by atoms with Gasteiger partial charge >= 0.3 is 18.2 Å². The van der Waals surface area contributed by atoms with Gasteiger partial charge in [-0.1, -0.05) is 30.4 Å². The molecule has 3 aliphatic heterocycles. The van der Waals surface area contributed by atoms with E-state index in [1.807, 2.05) is 24.3 Å². The van der Waals surface area contributed by atoms with Crippen molar-refractivity contribution in [3.8, 4) is 11.5 Å². The molecule has 0 aliphatic carbocycles. The number of esters is 1. The molecule has 1 spiro atoms. The van der Waals surface area contributed by atoms with E-state index in [1.165, 1.54) is 0 Å². The molecule has 4 bridgehead atoms. The van der Waals surface area contributed by atoms with Crippen molar-refractivity contribution in [3.05, 3.63) is 95.1 Å². The third kappa shape index (κ3) is 3.94. The van der Waals surface area contributed by atoms with E-state index < -0.39 is 23.8 Å². The van der Waals surface area contributed by atoms with E-state index in [1.54, 1.807) is 48.5 Å². The second-order valence-corrected chi connectivity index (χ2v) is 8.71. The van der Waals surface area contributed by atoms with Gasteiger partial charge in [-0.15, -0.1) is 0 Å². The molecule has 0 fully saturated rings. The van der Waals surface area contributed by atoms with Crippen molar-refractivity contribution in [1.29, 1.82) is 0 Å². The topological polar surface area (TPSA) is 112 Å². The van der Waals surface area contributed by atoms with E-state index in [2.05, 4.69) is 10.6 Å². The van der Waals surface area contributed by atoms with Gasteiger partial charge in [-0.2, -0.15) is 0 Å². The second kappa shape index (κ2) is 9.02. The van der Waals surface area contributed by atoms with Crippen LogP contribution >= 0.6 is 0 Å². The Morgan fingerprint density at radius 3 is 1.84 bits per heavy atom. The molecule has 0 saturated heterocycles. The number of amides is 2. The van der Waals surface area contributed by atoms with E-state index >= 15 is 0 Å². The number of rotatable bonds is 0. The van der Waals surface area contributed by atoms with E-state index in [0.717, 1.165) is 0 Å². The molecule has 9 heteroatoms. The molecule has 0 aromatic heterocycles. The van der Waals surface area contributed by atoms with Crippen LogP contribution in [-0.4, -0.2) is 31.4 Å². The Morgan fingerprint density at radius 2 is 1.24 bits per heavy atom. The first kappa shape index (κ1) is 22.7. The van der Waals surface area contributed by atoms with Gasteiger partial charge in [0.2, 0.25) is 0 Å². The standard InChI is InChI=1S/C28H22N2O7/c31-25-19-7-3-4-8-20(19)28(37-25)21-11-9-17-15-23(21)36-24-16-18(10-12-22(24)28)30-27(33)35-14-6-2-1-5-13-34-26(32)29-17/h1-4,7-12,15-16H,5-6,13-14H2,(H,29,32)(H,30,33)/b2-1-. The van der Waals surface area contributed by atoms with Gasteiger partial charge in [-0.25, -0.2) is 14.4 Å². The Kier molecular flexibility index (Phi) is 5.52. The minimum absolute atomic E-state index is 0.191. The summed E-state index contributed by atoms with van der Waals surface area (Å²) < 4.78 is 22.9. The van der Waals surface area contributed by atoms with Crippen molar-refractivity contribution in [3.63, 3.8) is 0 Å². The first-order valence-electron chi connectivity index (χ1n) is 11.9. The number of carbonyl (C=O) groups is 3. The van der Waals surface area contributed by atoms with E-state index in [4.69, 9.17) is 18.9 Å². The van der Waals surface area contributed by atoms with Gasteiger partial charge in [0, 0.05) is 40.2 Å². The third-order valence-electron chi connectivity index (χ3n) is 6.41. The highest BCUT2D eigenvalue weighted by Gasteiger charge is 2.53. The fourth-order valence-corrected chi connectivity index (χ4v) is 4.81. The first-order chi connectivity index (χ1) is 18.0. The van der Waals surface area contributed by atoms with Crippen LogP contribution in [0.1, 0.15) is 39.9 Å². The lowest BCUT2D eigenvalue weighted by atomic mass is 9.77. The first-order valence-corrected chi connectivity index (χ1v) is 11.9. The third-order valence-corrected chi connectivity index (χ3v) is 6.41. The quantitative estimate of drug-likeness (QED) is 0.232. The van der Waals surface area contributed by atoms with Crippen LogP contribution in [0.15, 0.2) is 72.8 Å². The van der Waals surface area contributed by atoms with Gasteiger partial charge in [0.05, 0.1) is 18.8 Å². The number of fused-ring (bicyclic) bond motifs is 6. The van der Waals surface area contributed by atoms with Crippen molar-refractivity contribution in [1.82, 2.24) is 0 Å². The van der Waals surface area contributed by atoms with Crippen LogP contribution in [0.5, 0.6) is 11.5 Å². The summed E-state index contributed by atoms with van der Waals surface area (Å²) in [6.07, 6.45) is 3.56. The molecule has 0 saturated carbocycles. The number of nitrogens with one attached hydrogen (secondary N) is 2. The average molecular weight is 498 g/mol. The van der Waals surface area contributed by atoms with Gasteiger partial charge in [0.25, 0.3) is 0 Å². The minimum Gasteiger partial charge on any atom is -0.456 e. The molecule has 3 heterocycles. The lowest BCUT2D eigenvalue weighted by Crippen LogP contribution is -2.33. The maximum Gasteiger partial charge on any atom is 0.411 e. The van der Waals surface area contributed by atoms with Gasteiger partial charge in [0.1, 0.15) is 11.5 Å². The molecule has 0 unspecified atom stereocenters. The zero-order valence-corrected chi connectivity index (χ0v) is 19.6. The van der Waals surface area contributed by atoms with E-state index in [-0.39, 0.29) is 13.2 Å². The molecular weight excluding hydrogens is 476 g/mol. The number of carbonyl (C=O) groups excluding carboxylic acids is 3. The monoisotopic (exact) mass is 498 g/mol. The Labute approximate surface area is 212 Å². The minimum atomic E-state index is -1.26. The fraction of sp³-hybridized carbons (Fsp3) is 0.179. The summed E-state index contributed by atoms with van der Waals surface area (Å²) in [7, 11) is 0. The van der Waals surface area contributed by atoms with Crippen molar-refractivity contribution < 1.29 is 33.3 Å². The zero-order valence-electron chi connectivity index (χ0n) is 19.6. The molecule has 2 amide bonds. The van der Waals surface area contributed by atoms with Crippen molar-refractivity contribution in [2.75, 3.05) is 23.8 Å². The maximum absolute atomic E-state index is 13.0. The molecule has 2 N–H and O–H groups in total. The lowest BCUT2D eigenvalue weighted by molar-refractivity contribution is 0.0224. The van der Waals surface area contributed by atoms with Gasteiger partial charge in [0.15, 0.2) is 5.60 Å². The van der Waals surface area contributed by atoms with Crippen LogP contribution < -0.4 is 15.4 Å². The Morgan fingerprint density at radius 1 is 0.676 bits per heavy atom. The van der Waals surface area contributed by atoms with Crippen LogP contribution in [0.3, 0.4) is 0 Å². The summed E-state index contributed by atoms with van der Waals surface area (Å²) in [5.41, 5.74) is 1.98. The van der Waals surface area contributed by atoms with Crippen LogP contribution in [0.4, 0.5) is 21.0 Å². The molecule has 3 aliphatic rings. The molecule has 0 radical (unpaired) electrons. The van der Waals surface area contributed by atoms with Crippen molar-refractivity contribution in [2.45, 2.75) is 18.4 Å². The van der Waals surface area contributed by atoms with Crippen LogP contribution in [-0.2, 0) is 19.8 Å². The second-order valence-electron chi connectivity index (χ2n) is 8.71. The van der Waals surface area contributed by atoms with Gasteiger partial charge in [-0.05, 0) is 43.2 Å². The summed E-state index contributed by atoms with van der Waals surface area (Å²) in [5, 5.41) is 5.43. The predicted octanol–water partition coefficient (Wildman–Crippen LogP) is 5.70. The molecule has 186 valence electrons. The number of ether oxygens (including phenoxy) is 4. The summed E-state index contributed by atoms with van der Waals surface area (Å²) in [6, 6.07) is 17.4. The molecule has 9 nitrogen and oxygen atoms in total. The highest BCUT2D eigenvalue weighted by Crippen LogP contribution is 2.56. The molecule has 6 rings (SSSR count). The van der Waals surface area contributed by atoms with Crippen LogP contribution in [0, 0.1) is 0 Å². The van der Waals surface area contributed by atoms with Crippen LogP contribution in [0.2, 0.25) is 0 Å². The number of anilines is 2. The average Bonchev–Trinajstić information content (AvgIpc) is 3.18. The predicted molar refractivity (Wildman–Crippen MR) is 133 cm³/mol. The SMILES string of the molecule is O=C1Nc2ccc3c(c2)Oc2cc(ccc2C32OC(=O)c3ccccc32)NC(=O)OCC/C=C\CCO1. The molecule has 0 atom stereocenters. The summed E-state index contributed by atoms with van der Waals surface area (Å²) in [4.78, 5) is 37.6. The zero-order chi connectivity index (χ0) is 25.4. The Balaban J connectivity index is 1.48.